The van der Waals surface area contributed by atoms with E-state index < -0.39 is 11.9 Å². The summed E-state index contributed by atoms with van der Waals surface area (Å²) >= 11 is 0. The number of furan rings is 1. The molecule has 0 unspecified atom stereocenters. The highest BCUT2D eigenvalue weighted by Crippen LogP contribution is 2.21. The second-order valence-electron chi connectivity index (χ2n) is 4.90. The van der Waals surface area contributed by atoms with Gasteiger partial charge in [-0.15, -0.1) is 0 Å². The van der Waals surface area contributed by atoms with Gasteiger partial charge in [0.25, 0.3) is 5.91 Å². The van der Waals surface area contributed by atoms with Crippen molar-refractivity contribution in [2.24, 2.45) is 0 Å². The van der Waals surface area contributed by atoms with Crippen LogP contribution in [0.25, 0.3) is 11.1 Å². The fraction of sp³-hybridized carbons (Fsp3) is 0. The zero-order valence-electron chi connectivity index (χ0n) is 12.0. The van der Waals surface area contributed by atoms with Crippen LogP contribution in [-0.4, -0.2) is 17.0 Å². The van der Waals surface area contributed by atoms with Gasteiger partial charge in [0.05, 0.1) is 5.56 Å². The molecule has 23 heavy (non-hydrogen) atoms. The highest BCUT2D eigenvalue weighted by Gasteiger charge is 2.19. The van der Waals surface area contributed by atoms with Crippen molar-refractivity contribution in [3.63, 3.8) is 0 Å². The van der Waals surface area contributed by atoms with Crippen LogP contribution in [0, 0.1) is 0 Å². The summed E-state index contributed by atoms with van der Waals surface area (Å²) in [5.74, 6) is -1.73. The Hall–Kier alpha value is -3.34. The number of benzene rings is 2. The van der Waals surface area contributed by atoms with Crippen molar-refractivity contribution in [3.8, 4) is 11.1 Å². The molecule has 3 aromatic rings. The molecule has 2 N–H and O–H groups in total. The van der Waals surface area contributed by atoms with Crippen LogP contribution in [0.5, 0.6) is 0 Å². The van der Waals surface area contributed by atoms with E-state index in [9.17, 15) is 9.59 Å². The van der Waals surface area contributed by atoms with Crippen LogP contribution in [0.2, 0.25) is 0 Å². The van der Waals surface area contributed by atoms with Gasteiger partial charge in [-0.25, -0.2) is 4.79 Å². The first-order valence-corrected chi connectivity index (χ1v) is 6.91. The number of anilines is 1. The summed E-state index contributed by atoms with van der Waals surface area (Å²) < 4.78 is 4.80. The number of aromatic carboxylic acids is 1. The molecule has 2 aromatic carbocycles. The van der Waals surface area contributed by atoms with Gasteiger partial charge in [-0.1, -0.05) is 42.5 Å². The first-order chi connectivity index (χ1) is 11.1. The Labute approximate surface area is 132 Å². The predicted octanol–water partition coefficient (Wildman–Crippen LogP) is 3.90. The fourth-order valence-corrected chi connectivity index (χ4v) is 2.21. The van der Waals surface area contributed by atoms with Crippen LogP contribution in [0.3, 0.4) is 0 Å². The maximum Gasteiger partial charge on any atom is 0.339 e. The molecule has 3 rings (SSSR count). The van der Waals surface area contributed by atoms with Crippen LogP contribution in [0.15, 0.2) is 71.5 Å². The van der Waals surface area contributed by atoms with Crippen LogP contribution < -0.4 is 5.32 Å². The normalized spacial score (nSPS) is 10.3. The van der Waals surface area contributed by atoms with Gasteiger partial charge in [0.15, 0.2) is 0 Å². The van der Waals surface area contributed by atoms with E-state index in [0.29, 0.717) is 5.69 Å². The largest absolute Gasteiger partial charge is 0.478 e. The van der Waals surface area contributed by atoms with E-state index >= 15 is 0 Å². The second kappa shape index (κ2) is 6.19. The van der Waals surface area contributed by atoms with E-state index in [-0.39, 0.29) is 11.1 Å². The van der Waals surface area contributed by atoms with E-state index in [4.69, 9.17) is 9.52 Å². The van der Waals surface area contributed by atoms with Crippen molar-refractivity contribution < 1.29 is 19.1 Å². The van der Waals surface area contributed by atoms with Gasteiger partial charge in [-0.3, -0.25) is 4.79 Å². The lowest BCUT2D eigenvalue weighted by Gasteiger charge is -2.06. The highest BCUT2D eigenvalue weighted by molar-refractivity contribution is 6.10. The lowest BCUT2D eigenvalue weighted by atomic mass is 10.1. The van der Waals surface area contributed by atoms with E-state index in [0.717, 1.165) is 23.7 Å². The number of rotatable bonds is 4. The van der Waals surface area contributed by atoms with E-state index in [1.807, 2.05) is 42.5 Å². The maximum absolute atomic E-state index is 12.1. The molecular formula is C18H13NO4. The lowest BCUT2D eigenvalue weighted by molar-refractivity contribution is 0.0692. The minimum absolute atomic E-state index is 0.00960. The molecule has 0 bridgehead atoms. The molecule has 0 fully saturated rings. The first kappa shape index (κ1) is 14.6. The molecule has 0 saturated heterocycles. The van der Waals surface area contributed by atoms with Crippen LogP contribution in [0.1, 0.15) is 20.7 Å². The van der Waals surface area contributed by atoms with Crippen molar-refractivity contribution in [1.82, 2.24) is 0 Å². The third-order valence-electron chi connectivity index (χ3n) is 3.39. The highest BCUT2D eigenvalue weighted by atomic mass is 16.4. The zero-order valence-corrected chi connectivity index (χ0v) is 12.0. The number of hydrogen-bond acceptors (Lipinski definition) is 3. The number of hydrogen-bond donors (Lipinski definition) is 2. The van der Waals surface area contributed by atoms with Gasteiger partial charge in [-0.2, -0.15) is 0 Å². The number of amides is 1. The number of carboxylic acid groups (broad SMARTS) is 1. The average molecular weight is 307 g/mol. The molecule has 5 nitrogen and oxygen atoms in total. The number of carbonyl (C=O) groups is 2. The lowest BCUT2D eigenvalue weighted by Crippen LogP contribution is -2.14. The fourth-order valence-electron chi connectivity index (χ4n) is 2.21. The Kier molecular flexibility index (Phi) is 3.93. The van der Waals surface area contributed by atoms with Crippen molar-refractivity contribution in [2.45, 2.75) is 0 Å². The third-order valence-corrected chi connectivity index (χ3v) is 3.39. The molecule has 0 radical (unpaired) electrons. The summed E-state index contributed by atoms with van der Waals surface area (Å²) in [5.41, 5.74) is 2.51. The molecule has 114 valence electrons. The Balaban J connectivity index is 1.77. The molecule has 0 atom stereocenters. The smallest absolute Gasteiger partial charge is 0.339 e. The Bertz CT molecular complexity index is 835. The summed E-state index contributed by atoms with van der Waals surface area (Å²) in [7, 11) is 0. The van der Waals surface area contributed by atoms with E-state index in [1.165, 1.54) is 0 Å². The molecule has 0 spiro atoms. The topological polar surface area (TPSA) is 79.5 Å². The molecule has 5 heteroatoms. The van der Waals surface area contributed by atoms with Crippen molar-refractivity contribution in [2.75, 3.05) is 5.32 Å². The van der Waals surface area contributed by atoms with Crippen LogP contribution in [0.4, 0.5) is 5.69 Å². The third kappa shape index (κ3) is 3.13. The Morgan fingerprint density at radius 1 is 0.826 bits per heavy atom. The van der Waals surface area contributed by atoms with Crippen LogP contribution >= 0.6 is 0 Å². The monoisotopic (exact) mass is 307 g/mol. The summed E-state index contributed by atoms with van der Waals surface area (Å²) in [6, 6.07) is 17.2. The summed E-state index contributed by atoms with van der Waals surface area (Å²) in [6.45, 7) is 0. The van der Waals surface area contributed by atoms with Gasteiger partial charge < -0.3 is 14.8 Å². The van der Waals surface area contributed by atoms with Gasteiger partial charge in [-0.05, 0) is 23.3 Å². The van der Waals surface area contributed by atoms with Gasteiger partial charge in [0.2, 0.25) is 0 Å². The van der Waals surface area contributed by atoms with E-state index in [2.05, 4.69) is 5.32 Å². The van der Waals surface area contributed by atoms with Crippen molar-refractivity contribution >= 4 is 17.6 Å². The number of nitrogens with one attached hydrogen (secondary N) is 1. The minimum atomic E-state index is -1.21. The van der Waals surface area contributed by atoms with Crippen molar-refractivity contribution in [1.29, 1.82) is 0 Å². The average Bonchev–Trinajstić information content (AvgIpc) is 3.06. The van der Waals surface area contributed by atoms with Crippen molar-refractivity contribution in [3.05, 3.63) is 78.3 Å². The Morgan fingerprint density at radius 3 is 2.09 bits per heavy atom. The predicted molar refractivity (Wildman–Crippen MR) is 85.5 cm³/mol. The van der Waals surface area contributed by atoms with Gasteiger partial charge in [0.1, 0.15) is 18.1 Å². The number of carbonyl (C=O) groups excluding carboxylic acids is 1. The maximum atomic E-state index is 12.1. The van der Waals surface area contributed by atoms with E-state index in [1.54, 1.807) is 12.1 Å². The molecule has 0 aliphatic rings. The number of carboxylic acids is 1. The second-order valence-corrected chi connectivity index (χ2v) is 4.90. The Morgan fingerprint density at radius 2 is 1.43 bits per heavy atom. The minimum Gasteiger partial charge on any atom is -0.478 e. The van der Waals surface area contributed by atoms with Gasteiger partial charge >= 0.3 is 5.97 Å². The molecule has 1 heterocycles. The van der Waals surface area contributed by atoms with Crippen LogP contribution in [-0.2, 0) is 0 Å². The zero-order chi connectivity index (χ0) is 16.2. The summed E-state index contributed by atoms with van der Waals surface area (Å²) in [5, 5.41) is 11.6. The summed E-state index contributed by atoms with van der Waals surface area (Å²) in [4.78, 5) is 23.1. The first-order valence-electron chi connectivity index (χ1n) is 6.91. The molecule has 0 aliphatic heterocycles. The molecular weight excluding hydrogens is 294 g/mol. The standard InChI is InChI=1S/C18H13NO4/c20-17(15-10-23-11-16(15)18(21)22)19-14-8-6-13(7-9-14)12-4-2-1-3-5-12/h1-11H,(H,19,20)(H,21,22). The molecule has 0 saturated carbocycles. The molecule has 1 amide bonds. The van der Waals surface area contributed by atoms with Gasteiger partial charge in [0, 0.05) is 5.69 Å². The quantitative estimate of drug-likeness (QED) is 0.766. The molecule has 0 aliphatic carbocycles. The SMILES string of the molecule is O=C(O)c1cocc1C(=O)Nc1ccc(-c2ccccc2)cc1. The molecule has 1 aromatic heterocycles. The summed E-state index contributed by atoms with van der Waals surface area (Å²) in [6.07, 6.45) is 2.16.